The summed E-state index contributed by atoms with van der Waals surface area (Å²) in [5.74, 6) is 1.61. The summed E-state index contributed by atoms with van der Waals surface area (Å²) in [4.78, 5) is 18.1. The zero-order chi connectivity index (χ0) is 19.0. The van der Waals surface area contributed by atoms with Crippen molar-refractivity contribution in [2.24, 2.45) is 0 Å². The van der Waals surface area contributed by atoms with Crippen LogP contribution in [0, 0.1) is 0 Å². The van der Waals surface area contributed by atoms with Gasteiger partial charge in [0.05, 0.1) is 0 Å². The first-order valence-corrected chi connectivity index (χ1v) is 9.72. The molecule has 6 heteroatoms. The molecule has 0 saturated carbocycles. The summed E-state index contributed by atoms with van der Waals surface area (Å²) >= 11 is 0. The van der Waals surface area contributed by atoms with E-state index in [4.69, 9.17) is 4.74 Å². The molecule has 4 rings (SSSR count). The Labute approximate surface area is 165 Å². The number of nitrogens with zero attached hydrogens (tertiary/aromatic N) is 5. The molecule has 1 aromatic carbocycles. The second-order valence-corrected chi connectivity index (χ2v) is 6.91. The van der Waals surface area contributed by atoms with Gasteiger partial charge in [0.1, 0.15) is 18.1 Å². The highest BCUT2D eigenvalue weighted by Crippen LogP contribution is 2.13. The summed E-state index contributed by atoms with van der Waals surface area (Å²) in [5, 5.41) is 0. The minimum absolute atomic E-state index is 0.674. The van der Waals surface area contributed by atoms with E-state index in [9.17, 15) is 0 Å². The maximum Gasteiger partial charge on any atom is 0.178 e. The molecule has 1 fully saturated rings. The number of aromatic nitrogens is 3. The van der Waals surface area contributed by atoms with E-state index in [0.717, 1.165) is 62.9 Å². The molecule has 0 spiro atoms. The molecule has 3 aromatic rings. The maximum atomic E-state index is 5.80. The topological polar surface area (TPSA) is 54.4 Å². The zero-order valence-corrected chi connectivity index (χ0v) is 15.9. The van der Waals surface area contributed by atoms with Crippen molar-refractivity contribution in [1.29, 1.82) is 0 Å². The summed E-state index contributed by atoms with van der Waals surface area (Å²) in [6, 6.07) is 15.8. The molecular formula is C22H25N5O. The predicted molar refractivity (Wildman–Crippen MR) is 109 cm³/mol. The fourth-order valence-electron chi connectivity index (χ4n) is 3.30. The lowest BCUT2D eigenvalue weighted by molar-refractivity contribution is 0.112. The van der Waals surface area contributed by atoms with E-state index in [2.05, 4.69) is 24.8 Å². The van der Waals surface area contributed by atoms with Gasteiger partial charge in [0.2, 0.25) is 0 Å². The van der Waals surface area contributed by atoms with Gasteiger partial charge in [0.25, 0.3) is 0 Å². The van der Waals surface area contributed by atoms with Gasteiger partial charge in [-0.15, -0.1) is 0 Å². The van der Waals surface area contributed by atoms with E-state index in [1.54, 1.807) is 6.20 Å². The van der Waals surface area contributed by atoms with E-state index in [-0.39, 0.29) is 0 Å². The summed E-state index contributed by atoms with van der Waals surface area (Å²) in [5.41, 5.74) is 1.95. The van der Waals surface area contributed by atoms with Crippen molar-refractivity contribution in [3.63, 3.8) is 0 Å². The average Bonchev–Trinajstić information content (AvgIpc) is 2.77. The van der Waals surface area contributed by atoms with Crippen LogP contribution in [0.2, 0.25) is 0 Å². The van der Waals surface area contributed by atoms with Crippen LogP contribution in [0.3, 0.4) is 0 Å². The highest BCUT2D eigenvalue weighted by atomic mass is 16.5. The normalized spacial score (nSPS) is 15.4. The molecule has 1 saturated heterocycles. The third kappa shape index (κ3) is 5.12. The van der Waals surface area contributed by atoms with Crippen molar-refractivity contribution in [3.8, 4) is 17.3 Å². The summed E-state index contributed by atoms with van der Waals surface area (Å²) in [6.07, 6.45) is 5.59. The number of ether oxygens (including phenoxy) is 1. The highest BCUT2D eigenvalue weighted by molar-refractivity contribution is 5.47. The van der Waals surface area contributed by atoms with Crippen LogP contribution >= 0.6 is 0 Å². The molecular weight excluding hydrogens is 350 g/mol. The Hall–Kier alpha value is -2.83. The van der Waals surface area contributed by atoms with E-state index in [0.29, 0.717) is 5.82 Å². The Bertz CT molecular complexity index is 834. The first-order chi connectivity index (χ1) is 13.9. The van der Waals surface area contributed by atoms with Crippen LogP contribution in [-0.4, -0.2) is 64.1 Å². The largest absolute Gasteiger partial charge is 0.492 e. The van der Waals surface area contributed by atoms with Crippen LogP contribution in [-0.2, 0) is 6.54 Å². The van der Waals surface area contributed by atoms with Crippen molar-refractivity contribution >= 4 is 0 Å². The highest BCUT2D eigenvalue weighted by Gasteiger charge is 2.17. The molecule has 1 aliphatic rings. The molecule has 0 amide bonds. The van der Waals surface area contributed by atoms with Gasteiger partial charge in [-0.2, -0.15) is 0 Å². The molecule has 0 radical (unpaired) electrons. The van der Waals surface area contributed by atoms with Gasteiger partial charge >= 0.3 is 0 Å². The third-order valence-electron chi connectivity index (χ3n) is 4.89. The van der Waals surface area contributed by atoms with Crippen LogP contribution in [0.5, 0.6) is 5.75 Å². The minimum Gasteiger partial charge on any atom is -0.492 e. The smallest absolute Gasteiger partial charge is 0.178 e. The maximum absolute atomic E-state index is 5.80. The van der Waals surface area contributed by atoms with Crippen LogP contribution in [0.25, 0.3) is 11.5 Å². The van der Waals surface area contributed by atoms with E-state index >= 15 is 0 Å². The Morgan fingerprint density at radius 3 is 2.21 bits per heavy atom. The monoisotopic (exact) mass is 375 g/mol. The van der Waals surface area contributed by atoms with Crippen LogP contribution in [0.4, 0.5) is 0 Å². The van der Waals surface area contributed by atoms with Gasteiger partial charge < -0.3 is 4.74 Å². The molecule has 0 atom stereocenters. The molecule has 28 heavy (non-hydrogen) atoms. The number of pyridine rings is 1. The molecule has 0 aliphatic carbocycles. The van der Waals surface area contributed by atoms with E-state index in [1.165, 1.54) is 0 Å². The Morgan fingerprint density at radius 1 is 0.786 bits per heavy atom. The van der Waals surface area contributed by atoms with Gasteiger partial charge in [0.15, 0.2) is 5.82 Å². The predicted octanol–water partition coefficient (Wildman–Crippen LogP) is 2.74. The minimum atomic E-state index is 0.674. The number of piperazine rings is 1. The SMILES string of the molecule is c1ccc(OCCN2CCN(Cc3cnc(-c4ccccn4)nc3)CC2)cc1. The average molecular weight is 375 g/mol. The van der Waals surface area contributed by atoms with Gasteiger partial charge in [0, 0.05) is 63.4 Å². The molecule has 0 bridgehead atoms. The van der Waals surface area contributed by atoms with Crippen molar-refractivity contribution in [2.75, 3.05) is 39.3 Å². The number of benzene rings is 1. The quantitative estimate of drug-likeness (QED) is 0.633. The van der Waals surface area contributed by atoms with Crippen molar-refractivity contribution < 1.29 is 4.74 Å². The van der Waals surface area contributed by atoms with Crippen LogP contribution in [0.1, 0.15) is 5.56 Å². The molecule has 144 valence electrons. The number of hydrogen-bond donors (Lipinski definition) is 0. The Kier molecular flexibility index (Phi) is 6.22. The number of hydrogen-bond acceptors (Lipinski definition) is 6. The lowest BCUT2D eigenvalue weighted by Gasteiger charge is -2.34. The lowest BCUT2D eigenvalue weighted by Crippen LogP contribution is -2.47. The third-order valence-corrected chi connectivity index (χ3v) is 4.89. The van der Waals surface area contributed by atoms with E-state index in [1.807, 2.05) is 60.9 Å². The number of para-hydroxylation sites is 1. The Morgan fingerprint density at radius 2 is 1.50 bits per heavy atom. The zero-order valence-electron chi connectivity index (χ0n) is 15.9. The molecule has 2 aromatic heterocycles. The van der Waals surface area contributed by atoms with Crippen LogP contribution < -0.4 is 4.74 Å². The number of rotatable bonds is 7. The fourth-order valence-corrected chi connectivity index (χ4v) is 3.30. The standard InChI is InChI=1S/C22H25N5O/c1-2-6-20(7-3-1)28-15-14-26-10-12-27(13-11-26)18-19-16-24-22(25-17-19)21-8-4-5-9-23-21/h1-9,16-17H,10-15,18H2. The van der Waals surface area contributed by atoms with Crippen LogP contribution in [0.15, 0.2) is 67.1 Å². The summed E-state index contributed by atoms with van der Waals surface area (Å²) in [6.45, 7) is 6.80. The van der Waals surface area contributed by atoms with Crippen molar-refractivity contribution in [3.05, 3.63) is 72.7 Å². The summed E-state index contributed by atoms with van der Waals surface area (Å²) < 4.78 is 5.80. The molecule has 0 N–H and O–H groups in total. The molecule has 6 nitrogen and oxygen atoms in total. The lowest BCUT2D eigenvalue weighted by atomic mass is 10.2. The van der Waals surface area contributed by atoms with Crippen molar-refractivity contribution in [2.45, 2.75) is 6.54 Å². The van der Waals surface area contributed by atoms with Gasteiger partial charge in [-0.1, -0.05) is 24.3 Å². The molecule has 0 unspecified atom stereocenters. The van der Waals surface area contributed by atoms with E-state index < -0.39 is 0 Å². The second-order valence-electron chi connectivity index (χ2n) is 6.91. The van der Waals surface area contributed by atoms with Gasteiger partial charge in [-0.05, 0) is 24.3 Å². The second kappa shape index (κ2) is 9.39. The molecule has 3 heterocycles. The Balaban J connectivity index is 1.20. The van der Waals surface area contributed by atoms with Gasteiger partial charge in [-0.25, -0.2) is 9.97 Å². The summed E-state index contributed by atoms with van der Waals surface area (Å²) in [7, 11) is 0. The first kappa shape index (κ1) is 18.5. The van der Waals surface area contributed by atoms with Crippen molar-refractivity contribution in [1.82, 2.24) is 24.8 Å². The first-order valence-electron chi connectivity index (χ1n) is 9.72. The fraction of sp³-hybridized carbons (Fsp3) is 0.318. The van der Waals surface area contributed by atoms with Gasteiger partial charge in [-0.3, -0.25) is 14.8 Å². The molecule has 1 aliphatic heterocycles.